The Labute approximate surface area is 109 Å². The Morgan fingerprint density at radius 2 is 2.41 bits per heavy atom. The minimum absolute atomic E-state index is 0.553. The zero-order valence-corrected chi connectivity index (χ0v) is 12.0. The fourth-order valence-corrected chi connectivity index (χ4v) is 3.49. The normalized spacial score (nSPS) is 28.2. The van der Waals surface area contributed by atoms with Gasteiger partial charge >= 0.3 is 0 Å². The summed E-state index contributed by atoms with van der Waals surface area (Å²) >= 11 is 1.80. The molecule has 0 aliphatic carbocycles. The van der Waals surface area contributed by atoms with Crippen molar-refractivity contribution in [2.45, 2.75) is 51.7 Å². The van der Waals surface area contributed by atoms with Crippen molar-refractivity contribution >= 4 is 11.3 Å². The first kappa shape index (κ1) is 13.1. The van der Waals surface area contributed by atoms with E-state index < -0.39 is 0 Å². The highest BCUT2D eigenvalue weighted by Gasteiger charge is 2.28. The lowest BCUT2D eigenvalue weighted by atomic mass is 10.0. The molecule has 0 saturated carbocycles. The highest BCUT2D eigenvalue weighted by Crippen LogP contribution is 2.26. The predicted molar refractivity (Wildman–Crippen MR) is 75.6 cm³/mol. The first-order chi connectivity index (χ1) is 8.22. The molecule has 1 aromatic heterocycles. The van der Waals surface area contributed by atoms with Crippen LogP contribution in [0.25, 0.3) is 0 Å². The number of hydrogen-bond acceptors (Lipinski definition) is 3. The summed E-state index contributed by atoms with van der Waals surface area (Å²) in [5.41, 5.74) is 1.47. The molecule has 3 atom stereocenters. The van der Waals surface area contributed by atoms with Crippen LogP contribution in [0.1, 0.15) is 45.2 Å². The minimum atomic E-state index is 0.553. The lowest BCUT2D eigenvalue weighted by Gasteiger charge is -2.42. The number of nitrogens with one attached hydrogen (secondary N) is 1. The van der Waals surface area contributed by atoms with Crippen molar-refractivity contribution < 1.29 is 0 Å². The molecule has 1 aliphatic heterocycles. The number of rotatable bonds is 4. The Morgan fingerprint density at radius 3 is 3.06 bits per heavy atom. The van der Waals surface area contributed by atoms with Crippen molar-refractivity contribution in [2.75, 3.05) is 13.1 Å². The van der Waals surface area contributed by atoms with Crippen LogP contribution in [0, 0.1) is 0 Å². The highest BCUT2D eigenvalue weighted by molar-refractivity contribution is 7.07. The van der Waals surface area contributed by atoms with Gasteiger partial charge in [0.2, 0.25) is 0 Å². The van der Waals surface area contributed by atoms with Crippen LogP contribution in [0.3, 0.4) is 0 Å². The molecule has 0 amide bonds. The Hall–Kier alpha value is -0.380. The molecule has 2 nitrogen and oxygen atoms in total. The number of piperazine rings is 1. The highest BCUT2D eigenvalue weighted by atomic mass is 32.1. The second-order valence-corrected chi connectivity index (χ2v) is 5.95. The van der Waals surface area contributed by atoms with Gasteiger partial charge in [0.05, 0.1) is 0 Å². The Balaban J connectivity index is 2.02. The van der Waals surface area contributed by atoms with Crippen molar-refractivity contribution in [2.24, 2.45) is 0 Å². The molecule has 1 aliphatic rings. The van der Waals surface area contributed by atoms with Crippen molar-refractivity contribution in [3.8, 4) is 0 Å². The number of hydrogen-bond donors (Lipinski definition) is 1. The largest absolute Gasteiger partial charge is 0.311 e. The monoisotopic (exact) mass is 252 g/mol. The smallest absolute Gasteiger partial charge is 0.0332 e. The lowest BCUT2D eigenvalue weighted by Crippen LogP contribution is -2.55. The first-order valence-corrected chi connectivity index (χ1v) is 7.67. The van der Waals surface area contributed by atoms with Gasteiger partial charge in [-0.05, 0) is 42.7 Å². The fraction of sp³-hybridized carbons (Fsp3) is 0.714. The molecule has 0 spiro atoms. The third-order valence-corrected chi connectivity index (χ3v) is 4.56. The molecule has 1 fully saturated rings. The average Bonchev–Trinajstić information content (AvgIpc) is 2.85. The van der Waals surface area contributed by atoms with Crippen LogP contribution in [0.4, 0.5) is 0 Å². The van der Waals surface area contributed by atoms with Gasteiger partial charge in [-0.3, -0.25) is 4.90 Å². The van der Waals surface area contributed by atoms with Crippen molar-refractivity contribution in [3.05, 3.63) is 22.4 Å². The van der Waals surface area contributed by atoms with Crippen molar-refractivity contribution in [1.29, 1.82) is 0 Å². The molecule has 1 N–H and O–H groups in total. The zero-order valence-electron chi connectivity index (χ0n) is 11.1. The third-order valence-electron chi connectivity index (χ3n) is 3.86. The van der Waals surface area contributed by atoms with E-state index in [1.807, 2.05) is 0 Å². The second kappa shape index (κ2) is 5.98. The maximum atomic E-state index is 3.66. The van der Waals surface area contributed by atoms with Crippen LogP contribution >= 0.6 is 11.3 Å². The van der Waals surface area contributed by atoms with E-state index in [4.69, 9.17) is 0 Å². The SMILES string of the molecule is CCCC1CN(C(C)c2ccsc2)C(C)CN1. The molecule has 0 radical (unpaired) electrons. The van der Waals surface area contributed by atoms with Crippen LogP contribution < -0.4 is 5.32 Å². The van der Waals surface area contributed by atoms with E-state index >= 15 is 0 Å². The molecule has 1 aromatic rings. The molecule has 17 heavy (non-hydrogen) atoms. The van der Waals surface area contributed by atoms with Gasteiger partial charge in [-0.1, -0.05) is 13.3 Å². The summed E-state index contributed by atoms with van der Waals surface area (Å²) in [6.07, 6.45) is 2.56. The second-order valence-electron chi connectivity index (χ2n) is 5.17. The summed E-state index contributed by atoms with van der Waals surface area (Å²) in [5, 5.41) is 8.13. The topological polar surface area (TPSA) is 15.3 Å². The Kier molecular flexibility index (Phi) is 4.60. The molecular formula is C14H24N2S. The lowest BCUT2D eigenvalue weighted by molar-refractivity contribution is 0.0961. The standard InChI is InChI=1S/C14H24N2S/c1-4-5-14-9-16(11(2)8-15-14)12(3)13-6-7-17-10-13/h6-7,10-12,14-15H,4-5,8-9H2,1-3H3. The summed E-state index contributed by atoms with van der Waals surface area (Å²) in [5.74, 6) is 0. The molecule has 3 unspecified atom stereocenters. The minimum Gasteiger partial charge on any atom is -0.311 e. The predicted octanol–water partition coefficient (Wildman–Crippen LogP) is 3.27. The summed E-state index contributed by atoms with van der Waals surface area (Å²) in [4.78, 5) is 2.65. The first-order valence-electron chi connectivity index (χ1n) is 6.73. The maximum absolute atomic E-state index is 3.66. The molecule has 2 rings (SSSR count). The maximum Gasteiger partial charge on any atom is 0.0332 e. The van der Waals surface area contributed by atoms with Gasteiger partial charge in [-0.25, -0.2) is 0 Å². The molecule has 1 saturated heterocycles. The zero-order chi connectivity index (χ0) is 12.3. The van der Waals surface area contributed by atoms with Crippen LogP contribution in [0.2, 0.25) is 0 Å². The van der Waals surface area contributed by atoms with E-state index in [-0.39, 0.29) is 0 Å². The van der Waals surface area contributed by atoms with E-state index in [0.29, 0.717) is 18.1 Å². The molecule has 0 aromatic carbocycles. The Bertz CT molecular complexity index is 323. The van der Waals surface area contributed by atoms with Crippen LogP contribution in [0.15, 0.2) is 16.8 Å². The molecule has 3 heteroatoms. The number of nitrogens with zero attached hydrogens (tertiary/aromatic N) is 1. The average molecular weight is 252 g/mol. The van der Waals surface area contributed by atoms with E-state index in [0.717, 1.165) is 6.54 Å². The summed E-state index contributed by atoms with van der Waals surface area (Å²) in [6.45, 7) is 9.25. The molecule has 2 heterocycles. The quantitative estimate of drug-likeness (QED) is 0.885. The van der Waals surface area contributed by atoms with Gasteiger partial charge in [-0.2, -0.15) is 11.3 Å². The van der Waals surface area contributed by atoms with E-state index in [9.17, 15) is 0 Å². The van der Waals surface area contributed by atoms with Crippen molar-refractivity contribution in [3.63, 3.8) is 0 Å². The van der Waals surface area contributed by atoms with Gasteiger partial charge in [0.1, 0.15) is 0 Å². The van der Waals surface area contributed by atoms with Gasteiger partial charge in [-0.15, -0.1) is 0 Å². The number of thiophene rings is 1. The fourth-order valence-electron chi connectivity index (χ4n) is 2.74. The van der Waals surface area contributed by atoms with E-state index in [1.165, 1.54) is 24.9 Å². The van der Waals surface area contributed by atoms with Crippen LogP contribution in [0.5, 0.6) is 0 Å². The molecule has 96 valence electrons. The van der Waals surface area contributed by atoms with Crippen LogP contribution in [-0.4, -0.2) is 30.1 Å². The van der Waals surface area contributed by atoms with Gasteiger partial charge in [0.15, 0.2) is 0 Å². The van der Waals surface area contributed by atoms with Gasteiger partial charge in [0.25, 0.3) is 0 Å². The summed E-state index contributed by atoms with van der Waals surface area (Å²) in [7, 11) is 0. The van der Waals surface area contributed by atoms with E-state index in [1.54, 1.807) is 11.3 Å². The molecule has 0 bridgehead atoms. The Morgan fingerprint density at radius 1 is 1.59 bits per heavy atom. The van der Waals surface area contributed by atoms with E-state index in [2.05, 4.69) is 47.8 Å². The molecular weight excluding hydrogens is 228 g/mol. The van der Waals surface area contributed by atoms with Crippen molar-refractivity contribution in [1.82, 2.24) is 10.2 Å². The summed E-state index contributed by atoms with van der Waals surface area (Å²) < 4.78 is 0. The third kappa shape index (κ3) is 3.09. The van der Waals surface area contributed by atoms with Crippen LogP contribution in [-0.2, 0) is 0 Å². The van der Waals surface area contributed by atoms with Gasteiger partial charge in [0, 0.05) is 31.2 Å². The van der Waals surface area contributed by atoms with Gasteiger partial charge < -0.3 is 5.32 Å². The summed E-state index contributed by atoms with van der Waals surface area (Å²) in [6, 6.07) is 4.13.